The highest BCUT2D eigenvalue weighted by Gasteiger charge is 2.12. The molecule has 110 valence electrons. The van der Waals surface area contributed by atoms with Gasteiger partial charge >= 0.3 is 0 Å². The van der Waals surface area contributed by atoms with Crippen molar-refractivity contribution in [2.45, 2.75) is 4.90 Å². The molecule has 0 amide bonds. The fourth-order valence-corrected chi connectivity index (χ4v) is 3.44. The van der Waals surface area contributed by atoms with E-state index < -0.39 is 0 Å². The zero-order chi connectivity index (χ0) is 15.5. The SMILES string of the molecule is O=C(CSc1cccc2cccnc12)c1cc(Cl)ccc1Cl. The summed E-state index contributed by atoms with van der Waals surface area (Å²) in [4.78, 5) is 17.7. The summed E-state index contributed by atoms with van der Waals surface area (Å²) in [5.74, 6) is 0.237. The molecule has 0 spiro atoms. The van der Waals surface area contributed by atoms with Crippen molar-refractivity contribution in [3.05, 3.63) is 70.3 Å². The fraction of sp³-hybridized carbons (Fsp3) is 0.0588. The van der Waals surface area contributed by atoms with E-state index in [0.29, 0.717) is 15.6 Å². The predicted molar refractivity (Wildman–Crippen MR) is 93.3 cm³/mol. The van der Waals surface area contributed by atoms with Gasteiger partial charge in [-0.3, -0.25) is 9.78 Å². The van der Waals surface area contributed by atoms with Gasteiger partial charge in [-0.05, 0) is 30.3 Å². The lowest BCUT2D eigenvalue weighted by atomic mass is 10.1. The standard InChI is InChI=1S/C17H11Cl2NOS/c18-12-6-7-14(19)13(9-12)15(21)10-22-16-5-1-3-11-4-2-8-20-17(11)16/h1-9H,10H2. The Morgan fingerprint density at radius 2 is 1.91 bits per heavy atom. The van der Waals surface area contributed by atoms with Crippen LogP contribution < -0.4 is 0 Å². The average molecular weight is 348 g/mol. The molecule has 3 rings (SSSR count). The minimum atomic E-state index is -0.0505. The van der Waals surface area contributed by atoms with E-state index in [1.807, 2.05) is 30.3 Å². The number of ketones is 1. The van der Waals surface area contributed by atoms with Crippen LogP contribution in [0, 0.1) is 0 Å². The second kappa shape index (κ2) is 6.69. The molecule has 2 nitrogen and oxygen atoms in total. The second-order valence-electron chi connectivity index (χ2n) is 4.67. The van der Waals surface area contributed by atoms with Gasteiger partial charge in [0, 0.05) is 27.1 Å². The first-order chi connectivity index (χ1) is 10.6. The van der Waals surface area contributed by atoms with Gasteiger partial charge in [0.15, 0.2) is 5.78 Å². The highest BCUT2D eigenvalue weighted by Crippen LogP contribution is 2.28. The van der Waals surface area contributed by atoms with Gasteiger partial charge in [-0.1, -0.05) is 41.4 Å². The maximum atomic E-state index is 12.3. The molecule has 0 radical (unpaired) electrons. The molecule has 5 heteroatoms. The van der Waals surface area contributed by atoms with E-state index in [2.05, 4.69) is 4.98 Å². The molecule has 3 aromatic rings. The summed E-state index contributed by atoms with van der Waals surface area (Å²) >= 11 is 13.4. The number of rotatable bonds is 4. The van der Waals surface area contributed by atoms with Crippen molar-refractivity contribution < 1.29 is 4.79 Å². The van der Waals surface area contributed by atoms with Crippen molar-refractivity contribution >= 4 is 51.6 Å². The number of pyridine rings is 1. The third-order valence-corrected chi connectivity index (χ3v) is 4.79. The smallest absolute Gasteiger partial charge is 0.174 e. The lowest BCUT2D eigenvalue weighted by Crippen LogP contribution is -2.03. The quantitative estimate of drug-likeness (QED) is 0.460. The van der Waals surface area contributed by atoms with Gasteiger partial charge in [-0.25, -0.2) is 0 Å². The Hall–Kier alpha value is -1.55. The van der Waals surface area contributed by atoms with Crippen LogP contribution in [0.5, 0.6) is 0 Å². The van der Waals surface area contributed by atoms with E-state index in [9.17, 15) is 4.79 Å². The Morgan fingerprint density at radius 1 is 1.09 bits per heavy atom. The summed E-state index contributed by atoms with van der Waals surface area (Å²) in [5.41, 5.74) is 1.36. The summed E-state index contributed by atoms with van der Waals surface area (Å²) in [6.07, 6.45) is 1.75. The molecule has 2 aromatic carbocycles. The Labute approximate surface area is 142 Å². The van der Waals surface area contributed by atoms with Gasteiger partial charge in [0.2, 0.25) is 0 Å². The minimum Gasteiger partial charge on any atom is -0.293 e. The highest BCUT2D eigenvalue weighted by molar-refractivity contribution is 8.00. The van der Waals surface area contributed by atoms with Gasteiger partial charge in [0.1, 0.15) is 0 Å². The number of benzene rings is 2. The van der Waals surface area contributed by atoms with Crippen LogP contribution in [0.3, 0.4) is 0 Å². The molecule has 0 fully saturated rings. The number of carbonyl (C=O) groups excluding carboxylic acids is 1. The third-order valence-electron chi connectivity index (χ3n) is 3.18. The molecular weight excluding hydrogens is 337 g/mol. The number of fused-ring (bicyclic) bond motifs is 1. The molecular formula is C17H11Cl2NOS. The number of hydrogen-bond acceptors (Lipinski definition) is 3. The van der Waals surface area contributed by atoms with Gasteiger partial charge in [-0.2, -0.15) is 0 Å². The zero-order valence-electron chi connectivity index (χ0n) is 11.4. The molecule has 0 saturated heterocycles. The van der Waals surface area contributed by atoms with Crippen LogP contribution in [0.25, 0.3) is 10.9 Å². The minimum absolute atomic E-state index is 0.0505. The van der Waals surface area contributed by atoms with Crippen LogP contribution in [-0.4, -0.2) is 16.5 Å². The number of halogens is 2. The Bertz CT molecular complexity index is 846. The number of Topliss-reactive ketones (excluding diaryl/α,β-unsaturated/α-hetero) is 1. The summed E-state index contributed by atoms with van der Waals surface area (Å²) in [6.45, 7) is 0. The van der Waals surface area contributed by atoms with Crippen LogP contribution in [-0.2, 0) is 0 Å². The predicted octanol–water partition coefficient (Wildman–Crippen LogP) is 5.52. The van der Waals surface area contributed by atoms with E-state index in [0.717, 1.165) is 15.8 Å². The van der Waals surface area contributed by atoms with E-state index >= 15 is 0 Å². The Kier molecular flexibility index (Phi) is 4.67. The Morgan fingerprint density at radius 3 is 2.77 bits per heavy atom. The highest BCUT2D eigenvalue weighted by atomic mass is 35.5. The molecule has 0 atom stereocenters. The molecule has 0 unspecified atom stereocenters. The number of carbonyl (C=O) groups is 1. The molecule has 0 aliphatic heterocycles. The van der Waals surface area contributed by atoms with Crippen molar-refractivity contribution in [1.29, 1.82) is 0 Å². The van der Waals surface area contributed by atoms with Crippen LogP contribution in [0.2, 0.25) is 10.0 Å². The Balaban J connectivity index is 1.82. The van der Waals surface area contributed by atoms with E-state index in [1.54, 1.807) is 24.4 Å². The van der Waals surface area contributed by atoms with Gasteiger partial charge < -0.3 is 0 Å². The largest absolute Gasteiger partial charge is 0.293 e. The number of para-hydroxylation sites is 1. The number of hydrogen-bond donors (Lipinski definition) is 0. The monoisotopic (exact) mass is 347 g/mol. The molecule has 1 heterocycles. The van der Waals surface area contributed by atoms with E-state index in [4.69, 9.17) is 23.2 Å². The second-order valence-corrected chi connectivity index (χ2v) is 6.53. The third kappa shape index (κ3) is 3.27. The van der Waals surface area contributed by atoms with E-state index in [1.165, 1.54) is 11.8 Å². The topological polar surface area (TPSA) is 30.0 Å². The molecule has 22 heavy (non-hydrogen) atoms. The van der Waals surface area contributed by atoms with Gasteiger partial charge in [-0.15, -0.1) is 11.8 Å². The maximum Gasteiger partial charge on any atom is 0.174 e. The molecule has 0 aliphatic carbocycles. The van der Waals surface area contributed by atoms with Crippen LogP contribution in [0.15, 0.2) is 59.6 Å². The lowest BCUT2D eigenvalue weighted by molar-refractivity contribution is 0.102. The number of nitrogens with zero attached hydrogens (tertiary/aromatic N) is 1. The first-order valence-corrected chi connectivity index (χ1v) is 8.34. The summed E-state index contributed by atoms with van der Waals surface area (Å²) in [5, 5.41) is 1.98. The summed E-state index contributed by atoms with van der Waals surface area (Å²) < 4.78 is 0. The van der Waals surface area contributed by atoms with Gasteiger partial charge in [0.25, 0.3) is 0 Å². The number of aromatic nitrogens is 1. The molecule has 1 aromatic heterocycles. The molecule has 0 saturated carbocycles. The normalized spacial score (nSPS) is 10.8. The van der Waals surface area contributed by atoms with Crippen molar-refractivity contribution in [2.75, 3.05) is 5.75 Å². The zero-order valence-corrected chi connectivity index (χ0v) is 13.8. The summed E-state index contributed by atoms with van der Waals surface area (Å²) in [6, 6.07) is 14.7. The lowest BCUT2D eigenvalue weighted by Gasteiger charge is -2.06. The first-order valence-electron chi connectivity index (χ1n) is 6.60. The summed E-state index contributed by atoms with van der Waals surface area (Å²) in [7, 11) is 0. The number of thioether (sulfide) groups is 1. The molecule has 0 N–H and O–H groups in total. The first kappa shape index (κ1) is 15.3. The molecule has 0 aliphatic rings. The van der Waals surface area contributed by atoms with Crippen LogP contribution in [0.1, 0.15) is 10.4 Å². The van der Waals surface area contributed by atoms with E-state index in [-0.39, 0.29) is 11.5 Å². The fourth-order valence-electron chi connectivity index (χ4n) is 2.12. The van der Waals surface area contributed by atoms with Gasteiger partial charge in [0.05, 0.1) is 16.3 Å². The van der Waals surface area contributed by atoms with Crippen molar-refractivity contribution in [3.63, 3.8) is 0 Å². The van der Waals surface area contributed by atoms with Crippen LogP contribution in [0.4, 0.5) is 0 Å². The molecule has 0 bridgehead atoms. The maximum absolute atomic E-state index is 12.3. The van der Waals surface area contributed by atoms with Crippen LogP contribution >= 0.6 is 35.0 Å². The van der Waals surface area contributed by atoms with Crippen molar-refractivity contribution in [1.82, 2.24) is 4.98 Å². The average Bonchev–Trinajstić information content (AvgIpc) is 2.54. The van der Waals surface area contributed by atoms with Crippen molar-refractivity contribution in [2.24, 2.45) is 0 Å². The van der Waals surface area contributed by atoms with Crippen molar-refractivity contribution in [3.8, 4) is 0 Å².